The smallest absolute Gasteiger partial charge is 0.159 e. The van der Waals surface area contributed by atoms with Crippen molar-refractivity contribution in [3.05, 3.63) is 247 Å². The molecule has 13 aromatic rings. The number of furan rings is 1. The first kappa shape index (κ1) is 42.9. The molecule has 0 aliphatic carbocycles. The van der Waals surface area contributed by atoms with E-state index in [1.54, 1.807) is 0 Å². The Morgan fingerprint density at radius 1 is 0.333 bits per heavy atom. The number of para-hydroxylation sites is 3. The van der Waals surface area contributed by atoms with Gasteiger partial charge >= 0.3 is 0 Å². The number of benzene rings is 12. The van der Waals surface area contributed by atoms with Gasteiger partial charge in [0, 0.05) is 44.0 Å². The molecule has 12 aromatic carbocycles. The molecule has 0 bridgehead atoms. The fraction of sp³-hybridized carbons (Fsp3) is 0.0588. The van der Waals surface area contributed by atoms with Crippen LogP contribution < -0.4 is 9.80 Å². The van der Waals surface area contributed by atoms with Gasteiger partial charge in [-0.25, -0.2) is 0 Å². The Balaban J connectivity index is 1.02. The van der Waals surface area contributed by atoms with Crippen LogP contribution in [0.2, 0.25) is 0 Å². The summed E-state index contributed by atoms with van der Waals surface area (Å²) in [5.41, 5.74) is 18.4. The second-order valence-corrected chi connectivity index (χ2v) is 19.3. The second kappa shape index (κ2) is 17.1. The molecule has 0 amide bonds. The minimum atomic E-state index is 0.216. The Morgan fingerprint density at radius 2 is 0.806 bits per heavy atom. The minimum Gasteiger partial charge on any atom is -0.505 e. The van der Waals surface area contributed by atoms with Crippen molar-refractivity contribution in [2.75, 3.05) is 9.80 Å². The van der Waals surface area contributed by atoms with Crippen LogP contribution in [0.4, 0.5) is 34.1 Å². The summed E-state index contributed by atoms with van der Waals surface area (Å²) in [6, 6.07) is 79.9. The summed E-state index contributed by atoms with van der Waals surface area (Å²) in [4.78, 5) is 4.62. The Bertz CT molecular complexity index is 4260. The third kappa shape index (κ3) is 6.98. The molecular formula is C68H50N2O2. The maximum atomic E-state index is 12.6. The Kier molecular flexibility index (Phi) is 10.2. The molecule has 0 radical (unpaired) electrons. The zero-order valence-corrected chi connectivity index (χ0v) is 40.6. The SMILES string of the molecule is Cc1cccc(N(c2cccc(-c3cccc(-c4ccccc4C)c3)c2O)c2ccc3ccc4c(N(c5cccc(C)c5)c5cccc6c5oc5c(-c7ccccc7C)cccc56)ccc5ccc2c3c54)c1. The summed E-state index contributed by atoms with van der Waals surface area (Å²) in [7, 11) is 0. The number of aromatic hydroxyl groups is 1. The van der Waals surface area contributed by atoms with Gasteiger partial charge in [-0.1, -0.05) is 170 Å². The van der Waals surface area contributed by atoms with E-state index >= 15 is 0 Å². The highest BCUT2D eigenvalue weighted by atomic mass is 16.3. The number of phenols is 1. The molecule has 0 fully saturated rings. The topological polar surface area (TPSA) is 39.9 Å². The van der Waals surface area contributed by atoms with Gasteiger partial charge in [0.1, 0.15) is 11.3 Å². The van der Waals surface area contributed by atoms with Crippen LogP contribution in [0.25, 0.3) is 87.6 Å². The largest absolute Gasteiger partial charge is 0.505 e. The molecular weight excluding hydrogens is 877 g/mol. The molecule has 0 saturated carbocycles. The summed E-state index contributed by atoms with van der Waals surface area (Å²) >= 11 is 0. The quantitative estimate of drug-likeness (QED) is 0.146. The number of hydrogen-bond acceptors (Lipinski definition) is 4. The number of rotatable bonds is 9. The Hall–Kier alpha value is -9.12. The number of anilines is 6. The van der Waals surface area contributed by atoms with Crippen molar-refractivity contribution < 1.29 is 9.52 Å². The van der Waals surface area contributed by atoms with Gasteiger partial charge in [0.05, 0.1) is 22.7 Å². The maximum Gasteiger partial charge on any atom is 0.159 e. The summed E-state index contributed by atoms with van der Waals surface area (Å²) in [5, 5.41) is 21.6. The first-order valence-corrected chi connectivity index (χ1v) is 24.7. The zero-order chi connectivity index (χ0) is 48.6. The van der Waals surface area contributed by atoms with Crippen LogP contribution in [0, 0.1) is 27.7 Å². The van der Waals surface area contributed by atoms with E-state index in [1.807, 2.05) is 12.1 Å². The van der Waals surface area contributed by atoms with Gasteiger partial charge in [-0.05, 0) is 148 Å². The number of fused-ring (bicyclic) bond motifs is 3. The highest BCUT2D eigenvalue weighted by Crippen LogP contribution is 2.51. The molecule has 0 spiro atoms. The van der Waals surface area contributed by atoms with Gasteiger partial charge in [0.15, 0.2) is 5.58 Å². The van der Waals surface area contributed by atoms with Crippen LogP contribution >= 0.6 is 0 Å². The zero-order valence-electron chi connectivity index (χ0n) is 40.6. The fourth-order valence-corrected chi connectivity index (χ4v) is 11.3. The molecule has 0 aliphatic rings. The molecule has 1 aromatic heterocycles. The number of hydrogen-bond donors (Lipinski definition) is 1. The van der Waals surface area contributed by atoms with E-state index in [0.29, 0.717) is 5.69 Å². The van der Waals surface area contributed by atoms with Gasteiger partial charge in [-0.15, -0.1) is 0 Å². The maximum absolute atomic E-state index is 12.6. The van der Waals surface area contributed by atoms with E-state index in [-0.39, 0.29) is 5.75 Å². The molecule has 72 heavy (non-hydrogen) atoms. The fourth-order valence-electron chi connectivity index (χ4n) is 11.3. The van der Waals surface area contributed by atoms with Crippen molar-refractivity contribution in [3.63, 3.8) is 0 Å². The highest BCUT2D eigenvalue weighted by molar-refractivity contribution is 6.28. The minimum absolute atomic E-state index is 0.216. The molecule has 0 saturated heterocycles. The lowest BCUT2D eigenvalue weighted by atomic mass is 9.91. The van der Waals surface area contributed by atoms with Crippen LogP contribution in [0.5, 0.6) is 5.75 Å². The van der Waals surface area contributed by atoms with Crippen LogP contribution in [-0.4, -0.2) is 5.11 Å². The van der Waals surface area contributed by atoms with E-state index in [0.717, 1.165) is 111 Å². The molecule has 0 aliphatic heterocycles. The lowest BCUT2D eigenvalue weighted by molar-refractivity contribution is 0.478. The van der Waals surface area contributed by atoms with Gasteiger partial charge in [-0.3, -0.25) is 0 Å². The van der Waals surface area contributed by atoms with E-state index in [1.165, 1.54) is 27.6 Å². The lowest BCUT2D eigenvalue weighted by Crippen LogP contribution is -2.12. The molecule has 1 N–H and O–H groups in total. The molecule has 13 rings (SSSR count). The van der Waals surface area contributed by atoms with Crippen molar-refractivity contribution in [1.29, 1.82) is 0 Å². The van der Waals surface area contributed by atoms with Gasteiger partial charge in [0.2, 0.25) is 0 Å². The summed E-state index contributed by atoms with van der Waals surface area (Å²) in [6.45, 7) is 8.57. The molecule has 4 nitrogen and oxygen atoms in total. The Labute approximate surface area is 419 Å². The van der Waals surface area contributed by atoms with Gasteiger partial charge in [-0.2, -0.15) is 0 Å². The predicted molar refractivity (Wildman–Crippen MR) is 304 cm³/mol. The normalized spacial score (nSPS) is 11.7. The highest BCUT2D eigenvalue weighted by Gasteiger charge is 2.26. The summed E-state index contributed by atoms with van der Waals surface area (Å²) in [5.74, 6) is 0.216. The van der Waals surface area contributed by atoms with E-state index in [2.05, 4.69) is 250 Å². The van der Waals surface area contributed by atoms with Crippen LogP contribution in [0.1, 0.15) is 22.3 Å². The van der Waals surface area contributed by atoms with Crippen molar-refractivity contribution in [1.82, 2.24) is 0 Å². The van der Waals surface area contributed by atoms with Crippen molar-refractivity contribution in [2.24, 2.45) is 0 Å². The van der Waals surface area contributed by atoms with E-state index in [9.17, 15) is 5.11 Å². The monoisotopic (exact) mass is 926 g/mol. The number of phenolic OH excluding ortho intramolecular Hbond substituents is 1. The second-order valence-electron chi connectivity index (χ2n) is 19.3. The molecule has 0 unspecified atom stereocenters. The van der Waals surface area contributed by atoms with Gasteiger partial charge < -0.3 is 19.3 Å². The van der Waals surface area contributed by atoms with Gasteiger partial charge in [0.25, 0.3) is 0 Å². The molecule has 1 heterocycles. The first-order valence-electron chi connectivity index (χ1n) is 24.7. The average molecular weight is 927 g/mol. The van der Waals surface area contributed by atoms with Crippen LogP contribution in [0.15, 0.2) is 229 Å². The Morgan fingerprint density at radius 3 is 1.43 bits per heavy atom. The van der Waals surface area contributed by atoms with Crippen LogP contribution in [0.3, 0.4) is 0 Å². The third-order valence-electron chi connectivity index (χ3n) is 14.7. The van der Waals surface area contributed by atoms with Crippen molar-refractivity contribution in [3.8, 4) is 39.1 Å². The standard InChI is InChI=1S/C68H50N2O2/c1-42-15-9-21-50(39-42)69(62-29-13-25-54(66(62)71)49-20-11-19-48(41-49)52-23-7-5-17-44(52)3)60-37-33-46-32-36-59-61(38-34-47-31-35-58(60)64(46)65(47)59)70(51-22-10-16-43(2)40-51)63-30-14-28-57-56-27-12-26-55(67(56)72-68(57)63)53-24-8-6-18-45(53)4/h5-41,71H,1-4H3. The third-order valence-corrected chi connectivity index (χ3v) is 14.7. The number of nitrogens with zero attached hydrogens (tertiary/aromatic N) is 2. The lowest BCUT2D eigenvalue weighted by Gasteiger charge is -2.30. The van der Waals surface area contributed by atoms with E-state index < -0.39 is 0 Å². The summed E-state index contributed by atoms with van der Waals surface area (Å²) < 4.78 is 7.15. The predicted octanol–water partition coefficient (Wildman–Crippen LogP) is 19.4. The molecule has 344 valence electrons. The summed E-state index contributed by atoms with van der Waals surface area (Å²) in [6.07, 6.45) is 0. The van der Waals surface area contributed by atoms with Crippen molar-refractivity contribution >= 4 is 88.4 Å². The van der Waals surface area contributed by atoms with Crippen LogP contribution in [-0.2, 0) is 0 Å². The first-order chi connectivity index (χ1) is 35.3. The molecule has 0 atom stereocenters. The van der Waals surface area contributed by atoms with E-state index in [4.69, 9.17) is 4.42 Å². The average Bonchev–Trinajstić information content (AvgIpc) is 3.80. The van der Waals surface area contributed by atoms with Crippen molar-refractivity contribution in [2.45, 2.75) is 27.7 Å². The number of aryl methyl sites for hydroxylation is 4. The molecule has 4 heteroatoms.